The Morgan fingerprint density at radius 1 is 1.33 bits per heavy atom. The zero-order valence-corrected chi connectivity index (χ0v) is 12.3. The van der Waals surface area contributed by atoms with Crippen LogP contribution in [0.5, 0.6) is 0 Å². The first-order valence-electron chi connectivity index (χ1n) is 6.87. The van der Waals surface area contributed by atoms with Gasteiger partial charge in [0.05, 0.1) is 5.54 Å². The predicted octanol–water partition coefficient (Wildman–Crippen LogP) is 1.81. The summed E-state index contributed by atoms with van der Waals surface area (Å²) < 4.78 is 25.5. The Kier molecular flexibility index (Phi) is 3.58. The maximum atomic E-state index is 12.2. The molecule has 0 aromatic rings. The molecule has 104 valence electrons. The first-order chi connectivity index (χ1) is 8.33. The number of Topliss-reactive ketones (excluding diaryl/α,β-unsaturated/α-hetero) is 1. The Labute approximate surface area is 110 Å². The summed E-state index contributed by atoms with van der Waals surface area (Å²) in [6.45, 7) is 6.65. The second-order valence-electron chi connectivity index (χ2n) is 5.96. The number of hydrogen-bond acceptors (Lipinski definition) is 3. The summed E-state index contributed by atoms with van der Waals surface area (Å²) in [6, 6.07) is 0. The van der Waals surface area contributed by atoms with E-state index in [0.29, 0.717) is 31.2 Å². The molecule has 1 saturated carbocycles. The molecular weight excluding hydrogens is 250 g/mol. The summed E-state index contributed by atoms with van der Waals surface area (Å²) in [7, 11) is -3.35. The summed E-state index contributed by atoms with van der Waals surface area (Å²) in [6.07, 6.45) is 3.36. The highest BCUT2D eigenvalue weighted by Crippen LogP contribution is 2.44. The number of carbonyl (C=O) groups excluding carboxylic acids is 1. The first-order valence-corrected chi connectivity index (χ1v) is 8.48. The molecule has 0 amide bonds. The van der Waals surface area contributed by atoms with Crippen LogP contribution >= 0.6 is 0 Å². The molecule has 0 radical (unpaired) electrons. The number of sulfonamides is 1. The van der Waals surface area contributed by atoms with Crippen molar-refractivity contribution in [1.82, 2.24) is 4.31 Å². The van der Waals surface area contributed by atoms with Gasteiger partial charge in [-0.2, -0.15) is 4.31 Å². The van der Waals surface area contributed by atoms with E-state index in [-0.39, 0.29) is 11.5 Å². The quantitative estimate of drug-likeness (QED) is 0.771. The van der Waals surface area contributed by atoms with Gasteiger partial charge in [0.1, 0.15) is 5.75 Å². The van der Waals surface area contributed by atoms with E-state index < -0.39 is 15.6 Å². The van der Waals surface area contributed by atoms with Crippen LogP contribution in [0.1, 0.15) is 46.5 Å². The molecule has 1 spiro atoms. The first kappa shape index (κ1) is 14.0. The van der Waals surface area contributed by atoms with E-state index in [4.69, 9.17) is 0 Å². The molecule has 2 rings (SSSR count). The Bertz CT molecular complexity index is 433. The van der Waals surface area contributed by atoms with Gasteiger partial charge in [-0.15, -0.1) is 0 Å². The number of nitrogens with zero attached hydrogens (tertiary/aromatic N) is 1. The molecule has 5 heteroatoms. The molecule has 0 atom stereocenters. The van der Waals surface area contributed by atoms with Crippen LogP contribution in [0, 0.1) is 11.8 Å². The van der Waals surface area contributed by atoms with Gasteiger partial charge < -0.3 is 0 Å². The summed E-state index contributed by atoms with van der Waals surface area (Å²) >= 11 is 0. The van der Waals surface area contributed by atoms with Gasteiger partial charge in [-0.1, -0.05) is 20.8 Å². The van der Waals surface area contributed by atoms with E-state index in [9.17, 15) is 13.2 Å². The average Bonchev–Trinajstić information content (AvgIpc) is 2.46. The third-order valence-corrected chi connectivity index (χ3v) is 6.64. The molecule has 4 nitrogen and oxygen atoms in total. The molecule has 1 aliphatic heterocycles. The Morgan fingerprint density at radius 2 is 1.89 bits per heavy atom. The fourth-order valence-corrected chi connectivity index (χ4v) is 5.56. The van der Waals surface area contributed by atoms with Crippen LogP contribution in [0.25, 0.3) is 0 Å². The van der Waals surface area contributed by atoms with E-state index >= 15 is 0 Å². The van der Waals surface area contributed by atoms with Crippen LogP contribution in [0.2, 0.25) is 0 Å². The van der Waals surface area contributed by atoms with E-state index in [1.807, 2.05) is 6.92 Å². The van der Waals surface area contributed by atoms with E-state index in [1.165, 1.54) is 4.31 Å². The fraction of sp³-hybridized carbons (Fsp3) is 0.923. The van der Waals surface area contributed by atoms with Gasteiger partial charge in [0, 0.05) is 6.54 Å². The summed E-state index contributed by atoms with van der Waals surface area (Å²) in [4.78, 5) is 12.2. The van der Waals surface area contributed by atoms with Gasteiger partial charge in [-0.05, 0) is 37.5 Å². The number of likely N-dealkylation sites (N-methyl/N-ethyl adjacent to an activating group) is 1. The minimum absolute atomic E-state index is 0.0773. The van der Waals surface area contributed by atoms with Gasteiger partial charge in [0.15, 0.2) is 5.78 Å². The van der Waals surface area contributed by atoms with Crippen molar-refractivity contribution >= 4 is 15.8 Å². The van der Waals surface area contributed by atoms with Gasteiger partial charge in [0.25, 0.3) is 0 Å². The number of hydrogen-bond donors (Lipinski definition) is 0. The molecule has 18 heavy (non-hydrogen) atoms. The predicted molar refractivity (Wildman–Crippen MR) is 70.7 cm³/mol. The lowest BCUT2D eigenvalue weighted by atomic mass is 9.71. The molecule has 1 heterocycles. The van der Waals surface area contributed by atoms with Crippen LogP contribution < -0.4 is 0 Å². The SMILES string of the molecule is CCN1C2(CCC(C(C)C)CC2)C(=O)CS1(=O)=O. The van der Waals surface area contributed by atoms with Gasteiger partial charge in [0.2, 0.25) is 10.0 Å². The number of ketones is 1. The van der Waals surface area contributed by atoms with Gasteiger partial charge >= 0.3 is 0 Å². The Morgan fingerprint density at radius 3 is 2.33 bits per heavy atom. The van der Waals surface area contributed by atoms with Crippen molar-refractivity contribution in [2.45, 2.75) is 52.0 Å². The highest BCUT2D eigenvalue weighted by atomic mass is 32.2. The third-order valence-electron chi connectivity index (χ3n) is 4.73. The topological polar surface area (TPSA) is 54.5 Å². The largest absolute Gasteiger partial charge is 0.296 e. The van der Waals surface area contributed by atoms with Crippen molar-refractivity contribution < 1.29 is 13.2 Å². The highest BCUT2D eigenvalue weighted by molar-refractivity contribution is 7.90. The molecule has 1 aliphatic carbocycles. The normalized spacial score (nSPS) is 36.7. The molecular formula is C13H23NO3S. The lowest BCUT2D eigenvalue weighted by Gasteiger charge is -2.41. The van der Waals surface area contributed by atoms with Crippen molar-refractivity contribution in [3.05, 3.63) is 0 Å². The van der Waals surface area contributed by atoms with Crippen molar-refractivity contribution in [3.8, 4) is 0 Å². The number of rotatable bonds is 2. The molecule has 0 unspecified atom stereocenters. The van der Waals surface area contributed by atoms with Crippen molar-refractivity contribution in [1.29, 1.82) is 0 Å². The summed E-state index contributed by atoms with van der Waals surface area (Å²) in [5.74, 6) is 0.884. The Hall–Kier alpha value is -0.420. The van der Waals surface area contributed by atoms with Crippen LogP contribution in [0.3, 0.4) is 0 Å². The second kappa shape index (κ2) is 4.60. The Balaban J connectivity index is 2.25. The summed E-state index contributed by atoms with van der Waals surface area (Å²) in [5, 5.41) is 0. The molecule has 0 aromatic heterocycles. The average molecular weight is 273 g/mol. The van der Waals surface area contributed by atoms with E-state index in [2.05, 4.69) is 13.8 Å². The van der Waals surface area contributed by atoms with Crippen molar-refractivity contribution in [2.75, 3.05) is 12.3 Å². The van der Waals surface area contributed by atoms with Crippen molar-refractivity contribution in [2.24, 2.45) is 11.8 Å². The van der Waals surface area contributed by atoms with Crippen LogP contribution in [0.4, 0.5) is 0 Å². The van der Waals surface area contributed by atoms with Crippen molar-refractivity contribution in [3.63, 3.8) is 0 Å². The minimum Gasteiger partial charge on any atom is -0.296 e. The smallest absolute Gasteiger partial charge is 0.222 e. The zero-order valence-electron chi connectivity index (χ0n) is 11.5. The van der Waals surface area contributed by atoms with E-state index in [1.54, 1.807) is 0 Å². The third kappa shape index (κ3) is 2.01. The van der Waals surface area contributed by atoms with Gasteiger partial charge in [-0.25, -0.2) is 8.42 Å². The lowest BCUT2D eigenvalue weighted by Crippen LogP contribution is -2.52. The molecule has 2 fully saturated rings. The lowest BCUT2D eigenvalue weighted by molar-refractivity contribution is -0.126. The number of carbonyl (C=O) groups is 1. The standard InChI is InChI=1S/C13H23NO3S/c1-4-14-13(12(15)9-18(14,16)17)7-5-11(6-8-13)10(2)3/h10-11H,4-9H2,1-3H3. The maximum Gasteiger partial charge on any atom is 0.222 e. The maximum absolute atomic E-state index is 12.2. The fourth-order valence-electron chi connectivity index (χ4n) is 3.60. The molecule has 0 bridgehead atoms. The molecule has 0 aromatic carbocycles. The second-order valence-corrected chi connectivity index (χ2v) is 7.85. The van der Waals surface area contributed by atoms with E-state index in [0.717, 1.165) is 12.8 Å². The summed E-state index contributed by atoms with van der Waals surface area (Å²) in [5.41, 5.74) is -0.695. The monoisotopic (exact) mass is 273 g/mol. The minimum atomic E-state index is -3.35. The molecule has 2 aliphatic rings. The molecule has 0 N–H and O–H groups in total. The highest BCUT2D eigenvalue weighted by Gasteiger charge is 2.56. The molecule has 1 saturated heterocycles. The van der Waals surface area contributed by atoms with Crippen LogP contribution in [-0.2, 0) is 14.8 Å². The van der Waals surface area contributed by atoms with Crippen LogP contribution in [0.15, 0.2) is 0 Å². The zero-order chi connectivity index (χ0) is 13.6. The van der Waals surface area contributed by atoms with Crippen LogP contribution in [-0.4, -0.2) is 36.3 Å². The van der Waals surface area contributed by atoms with Gasteiger partial charge in [-0.3, -0.25) is 4.79 Å².